The fourth-order valence-corrected chi connectivity index (χ4v) is 2.85. The number of hydrogen-bond donors (Lipinski definition) is 2. The van der Waals surface area contributed by atoms with Crippen LogP contribution < -0.4 is 10.5 Å². The van der Waals surface area contributed by atoms with Gasteiger partial charge in [-0.2, -0.15) is 0 Å². The van der Waals surface area contributed by atoms with Crippen molar-refractivity contribution in [2.45, 2.75) is 31.6 Å². The van der Waals surface area contributed by atoms with Crippen LogP contribution in [0.3, 0.4) is 0 Å². The van der Waals surface area contributed by atoms with Crippen LogP contribution in [0, 0.1) is 17.2 Å². The molecule has 0 aromatic heterocycles. The molecule has 0 unspecified atom stereocenters. The highest BCUT2D eigenvalue weighted by Gasteiger charge is 2.45. The van der Waals surface area contributed by atoms with Gasteiger partial charge in [0.1, 0.15) is 5.82 Å². The molecule has 7 heteroatoms. The van der Waals surface area contributed by atoms with Crippen LogP contribution in [0.15, 0.2) is 23.1 Å². The van der Waals surface area contributed by atoms with Crippen LogP contribution in [-0.2, 0) is 10.0 Å². The molecule has 1 amide bonds. The molecule has 0 spiro atoms. The molecule has 0 heterocycles. The first-order chi connectivity index (χ1) is 9.66. The third-order valence-corrected chi connectivity index (χ3v) is 5.14. The molecular weight excluding hydrogens is 295 g/mol. The summed E-state index contributed by atoms with van der Waals surface area (Å²) in [6.07, 6.45) is 2.11. The van der Waals surface area contributed by atoms with Gasteiger partial charge in [-0.25, -0.2) is 17.9 Å². The van der Waals surface area contributed by atoms with Crippen molar-refractivity contribution < 1.29 is 17.6 Å². The summed E-state index contributed by atoms with van der Waals surface area (Å²) in [5, 5.41) is 7.64. The van der Waals surface area contributed by atoms with E-state index in [9.17, 15) is 17.6 Å². The molecule has 0 aliphatic heterocycles. The highest BCUT2D eigenvalue weighted by Crippen LogP contribution is 2.51. The summed E-state index contributed by atoms with van der Waals surface area (Å²) in [5.41, 5.74) is -0.0610. The fourth-order valence-electron chi connectivity index (χ4n) is 2.33. The second kappa shape index (κ2) is 5.38. The molecule has 0 bridgehead atoms. The Bertz CT molecular complexity index is 667. The average Bonchev–Trinajstić information content (AvgIpc) is 3.16. The van der Waals surface area contributed by atoms with Crippen LogP contribution in [0.4, 0.5) is 4.39 Å². The van der Waals surface area contributed by atoms with E-state index in [1.807, 2.05) is 0 Å². The highest BCUT2D eigenvalue weighted by molar-refractivity contribution is 7.89. The lowest BCUT2D eigenvalue weighted by Crippen LogP contribution is -2.33. The van der Waals surface area contributed by atoms with Gasteiger partial charge in [0.05, 0.1) is 10.5 Å². The van der Waals surface area contributed by atoms with Crippen LogP contribution in [0.5, 0.6) is 0 Å². The monoisotopic (exact) mass is 314 g/mol. The number of benzene rings is 1. The first kappa shape index (κ1) is 15.9. The number of hydrogen-bond acceptors (Lipinski definition) is 3. The van der Waals surface area contributed by atoms with Gasteiger partial charge in [0, 0.05) is 6.54 Å². The Hall–Kier alpha value is -1.47. The lowest BCUT2D eigenvalue weighted by Gasteiger charge is -2.20. The molecule has 5 nitrogen and oxygen atoms in total. The molecule has 0 radical (unpaired) electrons. The summed E-state index contributed by atoms with van der Waals surface area (Å²) >= 11 is 0. The second-order valence-corrected chi connectivity index (χ2v) is 7.45. The molecular formula is C14H19FN2O3S. The van der Waals surface area contributed by atoms with E-state index >= 15 is 0 Å². The van der Waals surface area contributed by atoms with Gasteiger partial charge in [-0.05, 0) is 42.4 Å². The molecule has 1 aromatic rings. The Morgan fingerprint density at radius 1 is 1.43 bits per heavy atom. The Morgan fingerprint density at radius 2 is 2.05 bits per heavy atom. The van der Waals surface area contributed by atoms with Gasteiger partial charge in [0.15, 0.2) is 0 Å². The van der Waals surface area contributed by atoms with Crippen LogP contribution in [0.1, 0.15) is 37.0 Å². The summed E-state index contributed by atoms with van der Waals surface area (Å²) in [6.45, 7) is 4.70. The minimum Gasteiger partial charge on any atom is -0.351 e. The number of carbonyl (C=O) groups excluding carboxylic acids is 1. The molecule has 0 saturated heterocycles. The lowest BCUT2D eigenvalue weighted by molar-refractivity contribution is 0.0935. The molecule has 2 rings (SSSR count). The van der Waals surface area contributed by atoms with Crippen molar-refractivity contribution >= 4 is 15.9 Å². The molecule has 21 heavy (non-hydrogen) atoms. The maximum Gasteiger partial charge on any atom is 0.254 e. The van der Waals surface area contributed by atoms with E-state index in [0.717, 1.165) is 31.0 Å². The summed E-state index contributed by atoms with van der Waals surface area (Å²) in [6, 6.07) is 3.03. The minimum absolute atomic E-state index is 0.118. The quantitative estimate of drug-likeness (QED) is 0.866. The van der Waals surface area contributed by atoms with Gasteiger partial charge in [-0.15, -0.1) is 0 Å². The minimum atomic E-state index is -3.98. The number of amides is 1. The molecule has 1 fully saturated rings. The van der Waals surface area contributed by atoms with E-state index in [1.54, 1.807) is 0 Å². The first-order valence-corrected chi connectivity index (χ1v) is 8.31. The molecule has 0 atom stereocenters. The molecule has 1 aliphatic carbocycles. The van der Waals surface area contributed by atoms with Crippen LogP contribution in [-0.4, -0.2) is 20.9 Å². The number of nitrogens with one attached hydrogen (secondary N) is 1. The van der Waals surface area contributed by atoms with E-state index in [1.165, 1.54) is 0 Å². The molecule has 1 saturated carbocycles. The maximum atomic E-state index is 13.8. The third-order valence-electron chi connectivity index (χ3n) is 4.23. The van der Waals surface area contributed by atoms with E-state index in [2.05, 4.69) is 19.2 Å². The molecule has 1 aromatic carbocycles. The van der Waals surface area contributed by atoms with E-state index < -0.39 is 21.7 Å². The summed E-state index contributed by atoms with van der Waals surface area (Å²) in [7, 11) is -3.98. The highest BCUT2D eigenvalue weighted by atomic mass is 32.2. The molecule has 3 N–H and O–H groups in total. The molecule has 116 valence electrons. The summed E-state index contributed by atoms with van der Waals surface area (Å²) in [4.78, 5) is 11.6. The number of nitrogens with two attached hydrogens (primary N) is 1. The van der Waals surface area contributed by atoms with Gasteiger partial charge >= 0.3 is 0 Å². The van der Waals surface area contributed by atoms with E-state index in [4.69, 9.17) is 5.14 Å². The Labute approximate surface area is 123 Å². The van der Waals surface area contributed by atoms with Gasteiger partial charge in [0.2, 0.25) is 10.0 Å². The first-order valence-electron chi connectivity index (χ1n) is 6.76. The van der Waals surface area contributed by atoms with Gasteiger partial charge in [0.25, 0.3) is 5.91 Å². The number of rotatable bonds is 5. The second-order valence-electron chi connectivity index (χ2n) is 5.89. The van der Waals surface area contributed by atoms with Crippen molar-refractivity contribution in [2.75, 3.05) is 6.54 Å². The largest absolute Gasteiger partial charge is 0.351 e. The number of sulfonamides is 1. The fraction of sp³-hybridized carbons (Fsp3) is 0.500. The Morgan fingerprint density at radius 3 is 2.48 bits per heavy atom. The zero-order valence-electron chi connectivity index (χ0n) is 12.0. The van der Waals surface area contributed by atoms with Gasteiger partial charge in [-0.3, -0.25) is 4.79 Å². The SMILES string of the molecule is CC(C)C1(CNC(=O)c2ccc(S(N)(=O)=O)cc2F)CC1. The van der Waals surface area contributed by atoms with Crippen LogP contribution in [0.2, 0.25) is 0 Å². The van der Waals surface area contributed by atoms with Crippen molar-refractivity contribution in [3.8, 4) is 0 Å². The van der Waals surface area contributed by atoms with E-state index in [0.29, 0.717) is 12.5 Å². The third kappa shape index (κ3) is 3.41. The number of halogens is 1. The van der Waals surface area contributed by atoms with Crippen molar-refractivity contribution in [2.24, 2.45) is 16.5 Å². The zero-order valence-corrected chi connectivity index (χ0v) is 12.8. The summed E-state index contributed by atoms with van der Waals surface area (Å²) < 4.78 is 36.1. The van der Waals surface area contributed by atoms with Crippen molar-refractivity contribution in [1.82, 2.24) is 5.32 Å². The Kier molecular flexibility index (Phi) is 4.08. The van der Waals surface area contributed by atoms with Gasteiger partial charge < -0.3 is 5.32 Å². The normalized spacial score (nSPS) is 16.8. The maximum absolute atomic E-state index is 13.8. The number of carbonyl (C=O) groups is 1. The van der Waals surface area contributed by atoms with Crippen LogP contribution in [0.25, 0.3) is 0 Å². The van der Waals surface area contributed by atoms with E-state index in [-0.39, 0.29) is 15.9 Å². The standard InChI is InChI=1S/C14H19FN2O3S/c1-9(2)14(5-6-14)8-17-13(18)11-4-3-10(7-12(11)15)21(16,19)20/h3-4,7,9H,5-6,8H2,1-2H3,(H,17,18)(H2,16,19,20). The van der Waals surface area contributed by atoms with Crippen molar-refractivity contribution in [3.63, 3.8) is 0 Å². The Balaban J connectivity index is 2.10. The summed E-state index contributed by atoms with van der Waals surface area (Å²) in [5.74, 6) is -0.985. The van der Waals surface area contributed by atoms with Crippen molar-refractivity contribution in [1.29, 1.82) is 0 Å². The van der Waals surface area contributed by atoms with Gasteiger partial charge in [-0.1, -0.05) is 13.8 Å². The number of primary sulfonamides is 1. The van der Waals surface area contributed by atoms with Crippen LogP contribution >= 0.6 is 0 Å². The lowest BCUT2D eigenvalue weighted by atomic mass is 9.92. The predicted molar refractivity (Wildman–Crippen MR) is 76.6 cm³/mol. The topological polar surface area (TPSA) is 89.3 Å². The molecule has 1 aliphatic rings. The zero-order chi connectivity index (χ0) is 15.8. The predicted octanol–water partition coefficient (Wildman–Crippen LogP) is 1.64. The van der Waals surface area contributed by atoms with Crippen molar-refractivity contribution in [3.05, 3.63) is 29.6 Å². The smallest absolute Gasteiger partial charge is 0.254 e. The average molecular weight is 314 g/mol.